The van der Waals surface area contributed by atoms with Crippen LogP contribution in [0.3, 0.4) is 0 Å². The van der Waals surface area contributed by atoms with Crippen LogP contribution in [0.5, 0.6) is 5.75 Å². The number of aromatic nitrogens is 2. The van der Waals surface area contributed by atoms with Gasteiger partial charge in [0.25, 0.3) is 0 Å². The summed E-state index contributed by atoms with van der Waals surface area (Å²) in [7, 11) is 1.60. The van der Waals surface area contributed by atoms with Gasteiger partial charge in [-0.15, -0.1) is 0 Å². The SMILES string of the molecule is COc1cccc(C(CO)n2ccc(=O)c3cnccc32)c1. The van der Waals surface area contributed by atoms with Gasteiger partial charge in [-0.3, -0.25) is 9.78 Å². The van der Waals surface area contributed by atoms with Crippen molar-refractivity contribution in [3.8, 4) is 5.75 Å². The third-order valence-corrected chi connectivity index (χ3v) is 3.72. The first-order valence-electron chi connectivity index (χ1n) is 6.94. The number of rotatable bonds is 4. The van der Waals surface area contributed by atoms with Crippen LogP contribution in [-0.4, -0.2) is 28.4 Å². The van der Waals surface area contributed by atoms with Crippen LogP contribution in [0, 0.1) is 0 Å². The fourth-order valence-electron chi connectivity index (χ4n) is 2.59. The van der Waals surface area contributed by atoms with Gasteiger partial charge in [-0.1, -0.05) is 12.1 Å². The third-order valence-electron chi connectivity index (χ3n) is 3.72. The Morgan fingerprint density at radius 2 is 2.18 bits per heavy atom. The van der Waals surface area contributed by atoms with E-state index in [0.29, 0.717) is 5.39 Å². The lowest BCUT2D eigenvalue weighted by Crippen LogP contribution is -2.18. The summed E-state index contributed by atoms with van der Waals surface area (Å²) in [5, 5.41) is 10.4. The Labute approximate surface area is 127 Å². The van der Waals surface area contributed by atoms with Gasteiger partial charge < -0.3 is 14.4 Å². The highest BCUT2D eigenvalue weighted by Crippen LogP contribution is 2.24. The monoisotopic (exact) mass is 296 g/mol. The van der Waals surface area contributed by atoms with E-state index in [1.165, 1.54) is 6.07 Å². The zero-order chi connectivity index (χ0) is 15.5. The fourth-order valence-corrected chi connectivity index (χ4v) is 2.59. The molecule has 1 unspecified atom stereocenters. The molecule has 0 radical (unpaired) electrons. The molecule has 22 heavy (non-hydrogen) atoms. The Balaban J connectivity index is 2.19. The number of aliphatic hydroxyl groups excluding tert-OH is 1. The molecule has 0 fully saturated rings. The Hall–Kier alpha value is -2.66. The molecule has 3 rings (SSSR count). The van der Waals surface area contributed by atoms with Gasteiger partial charge in [-0.25, -0.2) is 0 Å². The number of hydrogen-bond donors (Lipinski definition) is 1. The Morgan fingerprint density at radius 1 is 1.32 bits per heavy atom. The highest BCUT2D eigenvalue weighted by Gasteiger charge is 2.15. The number of methoxy groups -OCH3 is 1. The van der Waals surface area contributed by atoms with E-state index in [4.69, 9.17) is 4.74 Å². The standard InChI is InChI=1S/C17H16N2O3/c1-22-13-4-2-3-12(9-13)16(11-20)19-8-6-17(21)14-10-18-7-5-15(14)19/h2-10,16,20H,11H2,1H3. The molecule has 2 aromatic heterocycles. The second kappa shape index (κ2) is 5.99. The van der Waals surface area contributed by atoms with Crippen molar-refractivity contribution >= 4 is 10.9 Å². The number of nitrogens with zero attached hydrogens (tertiary/aromatic N) is 2. The molecular weight excluding hydrogens is 280 g/mol. The molecule has 0 spiro atoms. The van der Waals surface area contributed by atoms with Crippen LogP contribution in [0.15, 0.2) is 59.8 Å². The molecule has 5 heteroatoms. The molecule has 3 aromatic rings. The molecular formula is C17H16N2O3. The van der Waals surface area contributed by atoms with Crippen LogP contribution in [0.4, 0.5) is 0 Å². The molecule has 1 aromatic carbocycles. The van der Waals surface area contributed by atoms with Crippen LogP contribution < -0.4 is 10.2 Å². The van der Waals surface area contributed by atoms with E-state index in [1.54, 1.807) is 31.8 Å². The van der Waals surface area contributed by atoms with Crippen molar-refractivity contribution in [2.45, 2.75) is 6.04 Å². The normalized spacial score (nSPS) is 12.3. The third kappa shape index (κ3) is 2.46. The molecule has 0 bridgehead atoms. The summed E-state index contributed by atoms with van der Waals surface area (Å²) in [5.41, 5.74) is 1.56. The van der Waals surface area contributed by atoms with Crippen molar-refractivity contribution in [3.63, 3.8) is 0 Å². The first-order chi connectivity index (χ1) is 10.7. The van der Waals surface area contributed by atoms with Crippen LogP contribution in [0.2, 0.25) is 0 Å². The molecule has 112 valence electrons. The lowest BCUT2D eigenvalue weighted by Gasteiger charge is -2.21. The van der Waals surface area contributed by atoms with Gasteiger partial charge in [0.05, 0.1) is 30.7 Å². The minimum absolute atomic E-state index is 0.0818. The quantitative estimate of drug-likeness (QED) is 0.799. The van der Waals surface area contributed by atoms with Crippen molar-refractivity contribution in [1.29, 1.82) is 0 Å². The molecule has 0 amide bonds. The van der Waals surface area contributed by atoms with E-state index in [0.717, 1.165) is 16.8 Å². The number of ether oxygens (including phenoxy) is 1. The van der Waals surface area contributed by atoms with E-state index < -0.39 is 0 Å². The summed E-state index contributed by atoms with van der Waals surface area (Å²) < 4.78 is 7.12. The van der Waals surface area contributed by atoms with Gasteiger partial charge in [0.1, 0.15) is 5.75 Å². The fraction of sp³-hybridized carbons (Fsp3) is 0.176. The maximum Gasteiger partial charge on any atom is 0.190 e. The summed E-state index contributed by atoms with van der Waals surface area (Å²) in [6.07, 6.45) is 4.89. The van der Waals surface area contributed by atoms with Crippen molar-refractivity contribution < 1.29 is 9.84 Å². The number of aliphatic hydroxyl groups is 1. The van der Waals surface area contributed by atoms with Gasteiger partial charge in [0.15, 0.2) is 5.43 Å². The maximum absolute atomic E-state index is 11.9. The molecule has 0 aliphatic heterocycles. The first kappa shape index (κ1) is 14.3. The van der Waals surface area contributed by atoms with Crippen LogP contribution in [-0.2, 0) is 0 Å². The largest absolute Gasteiger partial charge is 0.497 e. The highest BCUT2D eigenvalue weighted by molar-refractivity contribution is 5.77. The van der Waals surface area contributed by atoms with Gasteiger partial charge in [-0.05, 0) is 23.8 Å². The van der Waals surface area contributed by atoms with E-state index in [2.05, 4.69) is 4.98 Å². The van der Waals surface area contributed by atoms with Crippen LogP contribution in [0.25, 0.3) is 10.9 Å². The molecule has 1 N–H and O–H groups in total. The summed E-state index contributed by atoms with van der Waals surface area (Å²) >= 11 is 0. The molecule has 0 aliphatic carbocycles. The topological polar surface area (TPSA) is 64.3 Å². The zero-order valence-electron chi connectivity index (χ0n) is 12.1. The van der Waals surface area contributed by atoms with Crippen LogP contribution >= 0.6 is 0 Å². The molecule has 0 saturated carbocycles. The summed E-state index contributed by atoms with van der Waals surface area (Å²) in [4.78, 5) is 15.9. The van der Waals surface area contributed by atoms with E-state index in [-0.39, 0.29) is 18.1 Å². The smallest absolute Gasteiger partial charge is 0.190 e. The second-order valence-corrected chi connectivity index (χ2v) is 4.96. The second-order valence-electron chi connectivity index (χ2n) is 4.96. The maximum atomic E-state index is 11.9. The van der Waals surface area contributed by atoms with Crippen molar-refractivity contribution in [2.24, 2.45) is 0 Å². The van der Waals surface area contributed by atoms with Gasteiger partial charge in [-0.2, -0.15) is 0 Å². The van der Waals surface area contributed by atoms with Crippen molar-refractivity contribution in [3.05, 3.63) is 70.8 Å². The van der Waals surface area contributed by atoms with E-state index in [1.807, 2.05) is 28.8 Å². The molecule has 2 heterocycles. The number of hydrogen-bond acceptors (Lipinski definition) is 4. The lowest BCUT2D eigenvalue weighted by atomic mass is 10.1. The van der Waals surface area contributed by atoms with Crippen LogP contribution in [0.1, 0.15) is 11.6 Å². The van der Waals surface area contributed by atoms with Gasteiger partial charge in [0.2, 0.25) is 0 Å². The predicted molar refractivity (Wildman–Crippen MR) is 84.2 cm³/mol. The van der Waals surface area contributed by atoms with Crippen molar-refractivity contribution in [1.82, 2.24) is 9.55 Å². The molecule has 0 aliphatic rings. The Bertz CT molecular complexity index is 858. The first-order valence-corrected chi connectivity index (χ1v) is 6.94. The van der Waals surface area contributed by atoms with Gasteiger partial charge >= 0.3 is 0 Å². The highest BCUT2D eigenvalue weighted by atomic mass is 16.5. The molecule has 5 nitrogen and oxygen atoms in total. The zero-order valence-corrected chi connectivity index (χ0v) is 12.1. The number of benzene rings is 1. The summed E-state index contributed by atoms with van der Waals surface area (Å²) in [6.45, 7) is -0.0898. The van der Waals surface area contributed by atoms with E-state index in [9.17, 15) is 9.90 Å². The predicted octanol–water partition coefficient (Wildman–Crippen LogP) is 1.99. The van der Waals surface area contributed by atoms with E-state index >= 15 is 0 Å². The minimum Gasteiger partial charge on any atom is -0.497 e. The lowest BCUT2D eigenvalue weighted by molar-refractivity contribution is 0.251. The van der Waals surface area contributed by atoms with Gasteiger partial charge in [0, 0.05) is 24.7 Å². The Kier molecular flexibility index (Phi) is 3.89. The Morgan fingerprint density at radius 3 is 2.95 bits per heavy atom. The molecule has 0 saturated heterocycles. The average Bonchev–Trinajstić information content (AvgIpc) is 2.58. The summed E-state index contributed by atoms with van der Waals surface area (Å²) in [5.74, 6) is 0.725. The van der Waals surface area contributed by atoms with Crippen molar-refractivity contribution in [2.75, 3.05) is 13.7 Å². The molecule has 1 atom stereocenters. The minimum atomic E-state index is -0.305. The number of fused-ring (bicyclic) bond motifs is 1. The average molecular weight is 296 g/mol. The number of pyridine rings is 2. The summed E-state index contributed by atoms with van der Waals surface area (Å²) in [6, 6.07) is 10.5.